The van der Waals surface area contributed by atoms with Crippen LogP contribution in [0.1, 0.15) is 11.3 Å². The minimum absolute atomic E-state index is 0.0239. The maximum Gasteiger partial charge on any atom is 0.417 e. The minimum Gasteiger partial charge on any atom is -0.359 e. The van der Waals surface area contributed by atoms with Gasteiger partial charge < -0.3 is 9.09 Å². The Labute approximate surface area is 189 Å². The Balaban J connectivity index is 1.43. The zero-order valence-corrected chi connectivity index (χ0v) is 17.4. The van der Waals surface area contributed by atoms with E-state index < -0.39 is 17.6 Å². The lowest BCUT2D eigenvalue weighted by molar-refractivity contribution is -0.137. The molecule has 166 valence electrons. The number of benzene rings is 2. The van der Waals surface area contributed by atoms with E-state index in [-0.39, 0.29) is 28.6 Å². The molecular weight excluding hydrogens is 460 g/mol. The number of fused-ring (bicyclic) bond motifs is 1. The van der Waals surface area contributed by atoms with Crippen molar-refractivity contribution in [1.29, 1.82) is 0 Å². The van der Waals surface area contributed by atoms with Gasteiger partial charge in [-0.05, 0) is 30.3 Å². The van der Waals surface area contributed by atoms with Crippen molar-refractivity contribution in [2.24, 2.45) is 0 Å². The molecular formula is C23H13ClF4N4O. The van der Waals surface area contributed by atoms with Crippen LogP contribution in [-0.2, 0) is 12.7 Å². The molecule has 5 rings (SSSR count). The summed E-state index contributed by atoms with van der Waals surface area (Å²) in [6.07, 6.45) is -1.18. The van der Waals surface area contributed by atoms with Crippen molar-refractivity contribution in [1.82, 2.24) is 19.7 Å². The van der Waals surface area contributed by atoms with E-state index in [1.807, 2.05) is 0 Å². The topological polar surface area (TPSA) is 56.7 Å². The number of hydrogen-bond donors (Lipinski definition) is 0. The first-order valence-corrected chi connectivity index (χ1v) is 10.1. The Kier molecular flexibility index (Phi) is 5.13. The molecule has 3 aromatic rings. The Hall–Kier alpha value is -3.72. The molecule has 0 saturated heterocycles. The molecule has 0 radical (unpaired) electrons. The Morgan fingerprint density at radius 2 is 1.70 bits per heavy atom. The van der Waals surface area contributed by atoms with Crippen molar-refractivity contribution in [2.45, 2.75) is 12.7 Å². The molecule has 0 amide bonds. The van der Waals surface area contributed by atoms with Crippen molar-refractivity contribution in [3.63, 3.8) is 0 Å². The van der Waals surface area contributed by atoms with Crippen LogP contribution in [0.25, 0.3) is 34.0 Å². The monoisotopic (exact) mass is 472 g/mol. The lowest BCUT2D eigenvalue weighted by atomic mass is 10.0. The molecule has 2 aliphatic heterocycles. The van der Waals surface area contributed by atoms with Crippen LogP contribution in [0, 0.1) is 5.82 Å². The molecule has 0 N–H and O–H groups in total. The summed E-state index contributed by atoms with van der Waals surface area (Å²) in [6.45, 7) is 0.194. The highest BCUT2D eigenvalue weighted by molar-refractivity contribution is 6.30. The third-order valence-corrected chi connectivity index (χ3v) is 5.24. The van der Waals surface area contributed by atoms with Gasteiger partial charge in [0.15, 0.2) is 11.6 Å². The largest absolute Gasteiger partial charge is 0.417 e. The molecule has 3 heterocycles. The van der Waals surface area contributed by atoms with Gasteiger partial charge >= 0.3 is 6.18 Å². The fraction of sp³-hybridized carbons (Fsp3) is 0.0870. The van der Waals surface area contributed by atoms with Crippen molar-refractivity contribution in [3.05, 3.63) is 89.2 Å². The van der Waals surface area contributed by atoms with E-state index in [4.69, 9.17) is 16.1 Å². The molecule has 0 saturated carbocycles. The molecule has 0 atom stereocenters. The number of pyridine rings is 1. The van der Waals surface area contributed by atoms with Gasteiger partial charge in [-0.3, -0.25) is 0 Å². The molecule has 0 aliphatic carbocycles. The van der Waals surface area contributed by atoms with E-state index in [1.165, 1.54) is 24.3 Å². The fourth-order valence-electron chi connectivity index (χ4n) is 3.48. The highest BCUT2D eigenvalue weighted by atomic mass is 35.5. The number of hydrogen-bond acceptors (Lipinski definition) is 4. The summed E-state index contributed by atoms with van der Waals surface area (Å²) in [5, 5.41) is 3.78. The second-order valence-corrected chi connectivity index (χ2v) is 7.72. The van der Waals surface area contributed by atoms with Crippen LogP contribution in [-0.4, -0.2) is 19.7 Å². The fourth-order valence-corrected chi connectivity index (χ4v) is 3.65. The zero-order chi connectivity index (χ0) is 23.2. The normalized spacial score (nSPS) is 11.9. The van der Waals surface area contributed by atoms with Crippen molar-refractivity contribution >= 4 is 11.6 Å². The second kappa shape index (κ2) is 8.00. The Morgan fingerprint density at radius 3 is 2.48 bits per heavy atom. The van der Waals surface area contributed by atoms with Crippen LogP contribution in [0.4, 0.5) is 17.6 Å². The number of halogens is 5. The Morgan fingerprint density at radius 1 is 0.909 bits per heavy atom. The highest BCUT2D eigenvalue weighted by Crippen LogP contribution is 2.38. The molecule has 0 spiro atoms. The van der Waals surface area contributed by atoms with Gasteiger partial charge in [0.25, 0.3) is 0 Å². The predicted molar refractivity (Wildman–Crippen MR) is 113 cm³/mol. The molecule has 5 nitrogen and oxygen atoms in total. The first-order valence-electron chi connectivity index (χ1n) is 9.69. The molecule has 0 fully saturated rings. The summed E-state index contributed by atoms with van der Waals surface area (Å²) in [5.41, 5.74) is 0.441. The molecule has 0 bridgehead atoms. The van der Waals surface area contributed by atoms with Gasteiger partial charge in [-0.25, -0.2) is 14.4 Å². The van der Waals surface area contributed by atoms with E-state index >= 15 is 0 Å². The summed E-state index contributed by atoms with van der Waals surface area (Å²) >= 11 is 5.74. The van der Waals surface area contributed by atoms with Gasteiger partial charge in [0, 0.05) is 29.0 Å². The van der Waals surface area contributed by atoms with Gasteiger partial charge in [-0.1, -0.05) is 35.0 Å². The standard InChI is InChI=1S/C23H13ClF4N4O/c24-13-5-6-15(17(9-13)23(26,27)28)20-10-14(33-31-20)11-32-8-7-19-21(12-32)30-22(29-19)16-3-1-2-4-18(16)25/h1-10,12H,11H2. The smallest absolute Gasteiger partial charge is 0.359 e. The molecule has 0 unspecified atom stereocenters. The SMILES string of the molecule is Fc1ccccc1-c1nc2ccn(Cc3cc(-c4ccc(Cl)cc4C(F)(F)F)no3)cc-2n1. The molecule has 33 heavy (non-hydrogen) atoms. The van der Waals surface area contributed by atoms with Crippen LogP contribution in [0.15, 0.2) is 71.5 Å². The predicted octanol–water partition coefficient (Wildman–Crippen LogP) is 6.56. The summed E-state index contributed by atoms with van der Waals surface area (Å²) in [6, 6.07) is 12.9. The number of alkyl halides is 3. The summed E-state index contributed by atoms with van der Waals surface area (Å²) in [7, 11) is 0. The van der Waals surface area contributed by atoms with Crippen LogP contribution in [0.2, 0.25) is 5.02 Å². The van der Waals surface area contributed by atoms with Crippen LogP contribution < -0.4 is 0 Å². The maximum absolute atomic E-state index is 14.1. The number of rotatable bonds is 4. The van der Waals surface area contributed by atoms with E-state index in [1.54, 1.807) is 41.2 Å². The first kappa shape index (κ1) is 21.1. The molecule has 1 aromatic heterocycles. The molecule has 2 aromatic carbocycles. The minimum atomic E-state index is -4.59. The van der Waals surface area contributed by atoms with E-state index in [9.17, 15) is 17.6 Å². The molecule has 2 aliphatic rings. The number of aromatic nitrogens is 4. The molecule has 10 heteroatoms. The van der Waals surface area contributed by atoms with E-state index in [0.717, 1.165) is 6.07 Å². The lowest BCUT2D eigenvalue weighted by Crippen LogP contribution is -2.07. The van der Waals surface area contributed by atoms with E-state index in [2.05, 4.69) is 15.1 Å². The second-order valence-electron chi connectivity index (χ2n) is 7.28. The van der Waals surface area contributed by atoms with Gasteiger partial charge in [0.1, 0.15) is 17.2 Å². The first-order chi connectivity index (χ1) is 15.8. The number of imidazole rings is 1. The summed E-state index contributed by atoms with van der Waals surface area (Å²) < 4.78 is 61.3. The third-order valence-electron chi connectivity index (χ3n) is 5.00. The maximum atomic E-state index is 14.1. The highest BCUT2D eigenvalue weighted by Gasteiger charge is 2.34. The quantitative estimate of drug-likeness (QED) is 0.278. The summed E-state index contributed by atoms with van der Waals surface area (Å²) in [4.78, 5) is 8.75. The third kappa shape index (κ3) is 4.19. The number of nitrogens with zero attached hydrogens (tertiary/aromatic N) is 4. The van der Waals surface area contributed by atoms with Gasteiger partial charge in [-0.15, -0.1) is 0 Å². The average molecular weight is 473 g/mol. The van der Waals surface area contributed by atoms with Crippen molar-refractivity contribution < 1.29 is 22.1 Å². The summed E-state index contributed by atoms with van der Waals surface area (Å²) in [5.74, 6) is 0.187. The van der Waals surface area contributed by atoms with Crippen LogP contribution in [0.5, 0.6) is 0 Å². The van der Waals surface area contributed by atoms with Gasteiger partial charge in [0.05, 0.1) is 23.4 Å². The average Bonchev–Trinajstić information content (AvgIpc) is 3.40. The Bertz CT molecular complexity index is 1430. The van der Waals surface area contributed by atoms with Crippen LogP contribution in [0.3, 0.4) is 0 Å². The van der Waals surface area contributed by atoms with Crippen molar-refractivity contribution in [3.8, 4) is 34.0 Å². The zero-order valence-electron chi connectivity index (χ0n) is 16.6. The van der Waals surface area contributed by atoms with Gasteiger partial charge in [0.2, 0.25) is 0 Å². The van der Waals surface area contributed by atoms with Crippen LogP contribution >= 0.6 is 11.6 Å². The van der Waals surface area contributed by atoms with Crippen molar-refractivity contribution in [2.75, 3.05) is 0 Å². The lowest BCUT2D eigenvalue weighted by Gasteiger charge is -2.11. The van der Waals surface area contributed by atoms with Gasteiger partial charge in [-0.2, -0.15) is 13.2 Å². The van der Waals surface area contributed by atoms with E-state index in [0.29, 0.717) is 22.7 Å².